The topological polar surface area (TPSA) is 114 Å². The Morgan fingerprint density at radius 3 is 1.88 bits per heavy atom. The van der Waals surface area contributed by atoms with Gasteiger partial charge in [0.1, 0.15) is 18.0 Å². The van der Waals surface area contributed by atoms with Crippen molar-refractivity contribution >= 4 is 18.0 Å². The molecule has 0 radical (unpaired) electrons. The van der Waals surface area contributed by atoms with Crippen LogP contribution < -0.4 is 10.6 Å². The first-order chi connectivity index (χ1) is 19.4. The second-order valence-electron chi connectivity index (χ2n) is 11.9. The van der Waals surface area contributed by atoms with Gasteiger partial charge in [0.05, 0.1) is 18.2 Å². The number of rotatable bonds is 10. The first-order valence-corrected chi connectivity index (χ1v) is 14.6. The van der Waals surface area contributed by atoms with Gasteiger partial charge in [0.15, 0.2) is 0 Å². The Bertz CT molecular complexity index is 1040. The average molecular weight is 569 g/mol. The highest BCUT2D eigenvalue weighted by molar-refractivity contribution is 5.72. The molecule has 8 heteroatoms. The van der Waals surface area contributed by atoms with Crippen LogP contribution in [0.15, 0.2) is 60.7 Å². The highest BCUT2D eigenvalue weighted by atomic mass is 16.6. The largest absolute Gasteiger partial charge is 0.445 e. The molecule has 1 aliphatic rings. The molecule has 0 heterocycles. The number of ether oxygens (including phenoxy) is 2. The summed E-state index contributed by atoms with van der Waals surface area (Å²) in [6, 6.07) is 17.9. The van der Waals surface area contributed by atoms with E-state index in [9.17, 15) is 19.5 Å². The van der Waals surface area contributed by atoms with Gasteiger partial charge in [-0.2, -0.15) is 0 Å². The summed E-state index contributed by atoms with van der Waals surface area (Å²) in [7, 11) is 0. The van der Waals surface area contributed by atoms with Crippen molar-refractivity contribution in [1.82, 2.24) is 10.6 Å². The van der Waals surface area contributed by atoms with Crippen molar-refractivity contribution in [2.75, 3.05) is 0 Å². The molecule has 2 aromatic carbocycles. The van der Waals surface area contributed by atoms with Crippen molar-refractivity contribution in [2.45, 2.75) is 110 Å². The number of aliphatic hydroxyl groups excluding tert-OH is 1. The Morgan fingerprint density at radius 2 is 1.34 bits per heavy atom. The van der Waals surface area contributed by atoms with Crippen molar-refractivity contribution in [3.8, 4) is 0 Å². The zero-order valence-electron chi connectivity index (χ0n) is 25.2. The number of hydrogen-bond acceptors (Lipinski definition) is 6. The number of alkyl carbamates (subject to hydrolysis) is 2. The lowest BCUT2D eigenvalue weighted by molar-refractivity contribution is -0.115. The maximum absolute atomic E-state index is 12.8. The third-order valence-electron chi connectivity index (χ3n) is 6.65. The fraction of sp³-hybridized carbons (Fsp3) is 0.545. The van der Waals surface area contributed by atoms with E-state index in [1.54, 1.807) is 0 Å². The minimum atomic E-state index is -1.04. The second-order valence-corrected chi connectivity index (χ2v) is 11.9. The summed E-state index contributed by atoms with van der Waals surface area (Å²) in [4.78, 5) is 35.0. The molecule has 1 fully saturated rings. The van der Waals surface area contributed by atoms with Gasteiger partial charge in [-0.3, -0.25) is 0 Å². The minimum Gasteiger partial charge on any atom is -0.445 e. The van der Waals surface area contributed by atoms with Crippen LogP contribution in [0, 0.1) is 5.92 Å². The van der Waals surface area contributed by atoms with Crippen LogP contribution in [-0.4, -0.2) is 46.9 Å². The summed E-state index contributed by atoms with van der Waals surface area (Å²) < 4.78 is 11.0. The van der Waals surface area contributed by atoms with Crippen LogP contribution in [0.5, 0.6) is 0 Å². The predicted octanol–water partition coefficient (Wildman–Crippen LogP) is 6.34. The molecular weight excluding hydrogens is 520 g/mol. The van der Waals surface area contributed by atoms with Crippen LogP contribution in [0.4, 0.5) is 9.59 Å². The first kappa shape index (κ1) is 33.8. The summed E-state index contributed by atoms with van der Waals surface area (Å²) in [6.07, 6.45) is 4.42. The van der Waals surface area contributed by atoms with Gasteiger partial charge >= 0.3 is 12.2 Å². The molecule has 3 N–H and O–H groups in total. The maximum atomic E-state index is 12.8. The summed E-state index contributed by atoms with van der Waals surface area (Å²) in [5.74, 6) is 0.561. The Hall–Kier alpha value is -3.39. The van der Waals surface area contributed by atoms with E-state index in [2.05, 4.69) is 10.6 Å². The third kappa shape index (κ3) is 14.7. The standard InChI is InChI=1S/C30H42N2O5.C3H6O/c1-30(2,3)37-29(35)32-26(20-23-15-9-5-10-16-23)27(33)25(19-22-13-7-4-8-14-22)31-28(34)36-21-24-17-11-6-12-18-24;1-3(2)4/h4,6-8,11-14,17-18,23,25-27,33H,5,9-10,15-16,19-21H2,1-3H3,(H,31,34)(H,32,35);1-2H3/t25-,26-,27-;/m1./s1. The van der Waals surface area contributed by atoms with Crippen LogP contribution in [0.25, 0.3) is 0 Å². The van der Waals surface area contributed by atoms with E-state index in [1.807, 2.05) is 81.4 Å². The number of carbonyl (C=O) groups is 3. The van der Waals surface area contributed by atoms with Gasteiger partial charge in [-0.1, -0.05) is 92.8 Å². The molecule has 2 aromatic rings. The summed E-state index contributed by atoms with van der Waals surface area (Å²) in [6.45, 7) is 8.60. The monoisotopic (exact) mass is 568 g/mol. The Labute approximate surface area is 245 Å². The van der Waals surface area contributed by atoms with E-state index < -0.39 is 36.0 Å². The molecule has 0 saturated heterocycles. The number of benzene rings is 2. The molecule has 0 unspecified atom stereocenters. The first-order valence-electron chi connectivity index (χ1n) is 14.6. The van der Waals surface area contributed by atoms with Crippen molar-refractivity contribution in [1.29, 1.82) is 0 Å². The Kier molecular flexibility index (Phi) is 14.4. The zero-order chi connectivity index (χ0) is 30.3. The SMILES string of the molecule is CC(C)(C)OC(=O)N[C@H](CC1CCCCC1)[C@H](O)[C@@H](Cc1ccccc1)NC(=O)OCc1ccccc1.CC(C)=O. The maximum Gasteiger partial charge on any atom is 0.407 e. The van der Waals surface area contributed by atoms with E-state index >= 15 is 0 Å². The molecule has 1 saturated carbocycles. The highest BCUT2D eigenvalue weighted by Crippen LogP contribution is 2.29. The van der Waals surface area contributed by atoms with Crippen LogP contribution in [0.1, 0.15) is 84.3 Å². The van der Waals surface area contributed by atoms with Gasteiger partial charge in [0, 0.05) is 0 Å². The molecule has 2 amide bonds. The Balaban J connectivity index is 0.00000138. The van der Waals surface area contributed by atoms with Crippen LogP contribution >= 0.6 is 0 Å². The highest BCUT2D eigenvalue weighted by Gasteiger charge is 2.34. The molecule has 226 valence electrons. The lowest BCUT2D eigenvalue weighted by Crippen LogP contribution is -2.56. The van der Waals surface area contributed by atoms with Gasteiger partial charge in [0.2, 0.25) is 0 Å². The molecule has 0 bridgehead atoms. The Morgan fingerprint density at radius 1 is 0.829 bits per heavy atom. The van der Waals surface area contributed by atoms with Crippen molar-refractivity contribution in [3.63, 3.8) is 0 Å². The van der Waals surface area contributed by atoms with Crippen LogP contribution in [0.2, 0.25) is 0 Å². The number of ketones is 1. The van der Waals surface area contributed by atoms with Crippen molar-refractivity contribution < 1.29 is 29.0 Å². The third-order valence-corrected chi connectivity index (χ3v) is 6.65. The molecule has 3 atom stereocenters. The molecule has 1 aliphatic carbocycles. The van der Waals surface area contributed by atoms with E-state index in [4.69, 9.17) is 9.47 Å². The molecule has 8 nitrogen and oxygen atoms in total. The van der Waals surface area contributed by atoms with Crippen LogP contribution in [0.3, 0.4) is 0 Å². The van der Waals surface area contributed by atoms with Crippen molar-refractivity contribution in [3.05, 3.63) is 71.8 Å². The van der Waals surface area contributed by atoms with E-state index in [1.165, 1.54) is 20.3 Å². The fourth-order valence-electron chi connectivity index (χ4n) is 4.85. The predicted molar refractivity (Wildman–Crippen MR) is 160 cm³/mol. The number of aliphatic hydroxyl groups is 1. The number of carbonyl (C=O) groups excluding carboxylic acids is 3. The van der Waals surface area contributed by atoms with E-state index in [0.717, 1.165) is 36.8 Å². The number of Topliss-reactive ketones (excluding diaryl/α,β-unsaturated/α-hetero) is 1. The number of nitrogens with one attached hydrogen (secondary N) is 2. The van der Waals surface area contributed by atoms with Gasteiger partial charge < -0.3 is 30.0 Å². The lowest BCUT2D eigenvalue weighted by Gasteiger charge is -2.34. The van der Waals surface area contributed by atoms with Gasteiger partial charge in [-0.05, 0) is 64.5 Å². The van der Waals surface area contributed by atoms with Crippen LogP contribution in [-0.2, 0) is 27.3 Å². The number of hydrogen-bond donors (Lipinski definition) is 3. The smallest absolute Gasteiger partial charge is 0.407 e. The second kappa shape index (κ2) is 17.4. The van der Waals surface area contributed by atoms with E-state index in [0.29, 0.717) is 18.8 Å². The average Bonchev–Trinajstić information content (AvgIpc) is 2.91. The normalized spacial score (nSPS) is 15.8. The van der Waals surface area contributed by atoms with Gasteiger partial charge in [-0.25, -0.2) is 9.59 Å². The summed E-state index contributed by atoms with van der Waals surface area (Å²) in [5.41, 5.74) is 1.18. The minimum absolute atomic E-state index is 0.127. The summed E-state index contributed by atoms with van der Waals surface area (Å²) >= 11 is 0. The summed E-state index contributed by atoms with van der Waals surface area (Å²) in [5, 5.41) is 17.4. The number of amides is 2. The fourth-order valence-corrected chi connectivity index (χ4v) is 4.85. The van der Waals surface area contributed by atoms with Gasteiger partial charge in [0.25, 0.3) is 0 Å². The zero-order valence-corrected chi connectivity index (χ0v) is 25.2. The quantitative estimate of drug-likeness (QED) is 0.308. The van der Waals surface area contributed by atoms with Gasteiger partial charge in [-0.15, -0.1) is 0 Å². The lowest BCUT2D eigenvalue weighted by atomic mass is 9.82. The molecule has 3 rings (SSSR count). The molecule has 0 aliphatic heterocycles. The molecular formula is C33H48N2O6. The molecule has 41 heavy (non-hydrogen) atoms. The van der Waals surface area contributed by atoms with E-state index in [-0.39, 0.29) is 12.4 Å². The molecule has 0 spiro atoms. The van der Waals surface area contributed by atoms with Crippen molar-refractivity contribution in [2.24, 2.45) is 5.92 Å². The molecule has 0 aromatic heterocycles.